The van der Waals surface area contributed by atoms with Crippen molar-refractivity contribution in [3.8, 4) is 0 Å². The highest BCUT2D eigenvalue weighted by Crippen LogP contribution is 2.45. The zero-order chi connectivity index (χ0) is 104. The van der Waals surface area contributed by atoms with E-state index in [0.717, 1.165) is 145 Å². The molecular weight excluding hydrogens is 1900 g/mol. The highest BCUT2D eigenvalue weighted by molar-refractivity contribution is 5.74. The van der Waals surface area contributed by atoms with Crippen molar-refractivity contribution >= 4 is 125 Å². The predicted octanol–water partition coefficient (Wildman–Crippen LogP) is -3.24. The van der Waals surface area contributed by atoms with Gasteiger partial charge in [-0.15, -0.1) is 0 Å². The highest BCUT2D eigenvalue weighted by atomic mass is 16.8. The van der Waals surface area contributed by atoms with E-state index in [9.17, 15) is 101 Å². The smallest absolute Gasteiger partial charge is 0.303 e. The van der Waals surface area contributed by atoms with E-state index < -0.39 is 387 Å². The lowest BCUT2D eigenvalue weighted by atomic mass is 9.94. The molecule has 140 heavy (non-hydrogen) atoms. The Morgan fingerprint density at radius 3 is 0.293 bits per heavy atom. The minimum absolute atomic E-state index is 0.791. The molecule has 0 aromatic rings. The largest absolute Gasteiger partial charge is 0.463 e. The van der Waals surface area contributed by atoms with Gasteiger partial charge in [0.05, 0.1) is 0 Å². The number of hydrogen-bond donors (Lipinski definition) is 0. The van der Waals surface area contributed by atoms with Crippen LogP contribution >= 0.6 is 0 Å². The van der Waals surface area contributed by atoms with Crippen LogP contribution < -0.4 is 0 Å². The van der Waals surface area contributed by atoms with E-state index in [4.69, 9.17) is 166 Å². The molecule has 56 nitrogen and oxygen atoms in total. The Kier molecular flexibility index (Phi) is 41.9. The third-order valence-corrected chi connectivity index (χ3v) is 20.6. The fraction of sp³-hybridized carbons (Fsp3) is 0.750. The standard InChI is InChI=1S/C84H112O56/c1-29(85)106-22-50-57-64(113-36(8)92)71(120-43(15)99)78(127-50)135-58-51(23-107-30(2)86)129-80(73(122-45(17)101)65(58)114-37(9)93)137-60-53(25-109-32(4)88)131-82(75(124-47(19)103)67(60)116-39(11)95)139-62-55(27-111-34(6)90)133-84(77(126-49(21)105)69(62)118-41(13)97)140-63-56(28-112-35(7)91)132-83(76(125-48(20)104)70(63)119-42(14)98)138-61-54(26-110-33(5)89)130-81(74(123-46(18)102)68(61)117-40(12)96)136-59-52(24-108-31(3)87)128-79(134-57)72(121-44(16)100)66(59)115-38(10)94/h50-84H,22-28H2,1-21H3/t50?,51?,52?,53?,54?,55?,56?,57-,58-,59-,60-,61-,62-,63-,64+,65+,66+,67+,68+,69+,70+,71-,72-,73-,74-,75-,76-,77-,78-,79-,80-,81-,82-,83-,84-/m1/s1. The lowest BCUT2D eigenvalue weighted by Gasteiger charge is -2.52. The highest BCUT2D eigenvalue weighted by Gasteiger charge is 2.66. The number of esters is 21. The summed E-state index contributed by atoms with van der Waals surface area (Å²) in [5.41, 5.74) is 0. The van der Waals surface area contributed by atoms with Crippen molar-refractivity contribution in [2.75, 3.05) is 46.2 Å². The summed E-state index contributed by atoms with van der Waals surface area (Å²) in [5, 5.41) is 0. The molecule has 56 heteroatoms. The molecule has 0 saturated carbocycles. The first-order valence-corrected chi connectivity index (χ1v) is 43.2. The van der Waals surface area contributed by atoms with Crippen molar-refractivity contribution in [2.45, 2.75) is 360 Å². The number of carbonyl (C=O) groups excluding carboxylic acids is 21. The quantitative estimate of drug-likeness (QED) is 0.0548. The first-order chi connectivity index (χ1) is 65.7. The Labute approximate surface area is 795 Å². The van der Waals surface area contributed by atoms with Gasteiger partial charge in [-0.3, -0.25) is 101 Å². The maximum Gasteiger partial charge on any atom is 0.303 e. The maximum atomic E-state index is 14.0. The van der Waals surface area contributed by atoms with Crippen LogP contribution in [-0.4, -0.2) is 387 Å². The Balaban J connectivity index is 1.52. The second kappa shape index (κ2) is 51.6. The second-order valence-electron chi connectivity index (χ2n) is 32.2. The van der Waals surface area contributed by atoms with Crippen LogP contribution in [0.1, 0.15) is 145 Å². The maximum absolute atomic E-state index is 14.0. The molecule has 784 valence electrons. The van der Waals surface area contributed by atoms with Gasteiger partial charge in [0.15, 0.2) is 129 Å². The summed E-state index contributed by atoms with van der Waals surface area (Å²) in [6, 6.07) is 0. The van der Waals surface area contributed by atoms with Crippen LogP contribution in [0.25, 0.3) is 0 Å². The molecule has 14 bridgehead atoms. The summed E-state index contributed by atoms with van der Waals surface area (Å²) in [4.78, 5) is 287. The number of rotatable bonds is 28. The molecule has 35 atom stereocenters. The van der Waals surface area contributed by atoms with Crippen LogP contribution in [0.15, 0.2) is 0 Å². The lowest BCUT2D eigenvalue weighted by Crippen LogP contribution is -2.70. The molecule has 21 saturated heterocycles. The van der Waals surface area contributed by atoms with Crippen molar-refractivity contribution in [1.82, 2.24) is 0 Å². The van der Waals surface area contributed by atoms with E-state index >= 15 is 0 Å². The zero-order valence-corrected chi connectivity index (χ0v) is 79.5. The minimum Gasteiger partial charge on any atom is -0.463 e. The summed E-state index contributed by atoms with van der Waals surface area (Å²) in [7, 11) is 0. The molecule has 0 aromatic carbocycles. The van der Waals surface area contributed by atoms with Crippen molar-refractivity contribution in [2.24, 2.45) is 0 Å². The predicted molar refractivity (Wildman–Crippen MR) is 429 cm³/mol. The van der Waals surface area contributed by atoms with Gasteiger partial charge < -0.3 is 166 Å². The van der Waals surface area contributed by atoms with Gasteiger partial charge in [-0.05, 0) is 0 Å². The van der Waals surface area contributed by atoms with E-state index in [2.05, 4.69) is 0 Å². The summed E-state index contributed by atoms with van der Waals surface area (Å²) < 4.78 is 215. The minimum atomic E-state index is -2.47. The van der Waals surface area contributed by atoms with Gasteiger partial charge in [-0.2, -0.15) is 0 Å². The lowest BCUT2D eigenvalue weighted by molar-refractivity contribution is -0.396. The molecular formula is C84H112O56. The van der Waals surface area contributed by atoms with Crippen LogP contribution in [0.3, 0.4) is 0 Å². The molecule has 21 heterocycles. The van der Waals surface area contributed by atoms with Gasteiger partial charge in [0.2, 0.25) is 0 Å². The van der Waals surface area contributed by atoms with E-state index in [1.165, 1.54) is 0 Å². The monoisotopic (exact) mass is 2020 g/mol. The third-order valence-electron chi connectivity index (χ3n) is 20.6. The van der Waals surface area contributed by atoms with Gasteiger partial charge in [0, 0.05) is 145 Å². The molecule has 21 fully saturated rings. The molecule has 0 spiro atoms. The zero-order valence-electron chi connectivity index (χ0n) is 79.5. The average molecular weight is 2020 g/mol. The molecule has 0 amide bonds. The van der Waals surface area contributed by atoms with Crippen LogP contribution in [-0.2, 0) is 266 Å². The number of hydrogen-bond acceptors (Lipinski definition) is 56. The van der Waals surface area contributed by atoms with Gasteiger partial charge in [-0.25, -0.2) is 0 Å². The topological polar surface area (TPSA) is 682 Å². The molecule has 7 unspecified atom stereocenters. The fourth-order valence-corrected chi connectivity index (χ4v) is 16.0. The average Bonchev–Trinajstić information content (AvgIpc) is 0.783. The summed E-state index contributed by atoms with van der Waals surface area (Å²) in [6.07, 6.45) is -81.4. The molecule has 0 aliphatic carbocycles. The Morgan fingerprint density at radius 1 is 0.129 bits per heavy atom. The third kappa shape index (κ3) is 32.4. The number of ether oxygens (including phenoxy) is 35. The Bertz CT molecular complexity index is 3700. The summed E-state index contributed by atoms with van der Waals surface area (Å²) in [6.45, 7) is 9.45. The summed E-state index contributed by atoms with van der Waals surface area (Å²) >= 11 is 0. The second-order valence-corrected chi connectivity index (χ2v) is 32.2. The van der Waals surface area contributed by atoms with Crippen molar-refractivity contribution in [1.29, 1.82) is 0 Å². The van der Waals surface area contributed by atoms with Crippen LogP contribution in [0.4, 0.5) is 0 Å². The normalized spacial score (nSPS) is 34.6. The molecule has 21 rings (SSSR count). The van der Waals surface area contributed by atoms with E-state index in [1.54, 1.807) is 0 Å². The van der Waals surface area contributed by atoms with Gasteiger partial charge in [0.1, 0.15) is 132 Å². The molecule has 21 aliphatic rings. The van der Waals surface area contributed by atoms with E-state index in [1.807, 2.05) is 0 Å². The number of carbonyl (C=O) groups is 21. The molecule has 0 radical (unpaired) electrons. The van der Waals surface area contributed by atoms with Gasteiger partial charge >= 0.3 is 125 Å². The van der Waals surface area contributed by atoms with Gasteiger partial charge in [-0.1, -0.05) is 0 Å². The molecule has 21 aliphatic heterocycles. The van der Waals surface area contributed by atoms with E-state index in [0.29, 0.717) is 0 Å². The van der Waals surface area contributed by atoms with Crippen molar-refractivity contribution < 1.29 is 266 Å². The SMILES string of the molecule is CC(=O)OCC1O[C@@H]2O[C@@H]3C(COC(C)=O)O[C@H](O[C@@H]4C(COC(C)=O)O[C@H](O[C@@H]5C(COC(C)=O)O[C@H](O[C@@H]6C(COC(C)=O)O[C@H](O[C@@H]7C(COC(C)=O)O[C@H](O[C@@H]8C(COC(C)=O)O[C@H](O[C@H]1[C@H](OC(C)=O)[C@H]2OC(C)=O)[C@H](OC(C)=O)[C@H]8OC(C)=O)[C@H](OC(C)=O)[C@H]7OC(C)=O)[C@H](OC(C)=O)[C@H]6OC(C)=O)[C@H](OC(C)=O)[C@H]5OC(C)=O)[C@H](OC(C)=O)[C@H]4OC(C)=O)[C@H](OC(C)=O)[C@H]3OC(C)=O. The summed E-state index contributed by atoms with van der Waals surface area (Å²) in [5.74, 6) is -26.2. The van der Waals surface area contributed by atoms with Crippen LogP contribution in [0.2, 0.25) is 0 Å². The Morgan fingerprint density at radius 2 is 0.214 bits per heavy atom. The van der Waals surface area contributed by atoms with Crippen LogP contribution in [0.5, 0.6) is 0 Å². The van der Waals surface area contributed by atoms with Gasteiger partial charge in [0.25, 0.3) is 0 Å². The first kappa shape index (κ1) is 114. The van der Waals surface area contributed by atoms with E-state index in [-0.39, 0.29) is 0 Å². The first-order valence-electron chi connectivity index (χ1n) is 43.2. The fourth-order valence-electron chi connectivity index (χ4n) is 16.0. The Hall–Kier alpha value is -11.7. The molecule has 0 aromatic heterocycles. The van der Waals surface area contributed by atoms with Crippen molar-refractivity contribution in [3.63, 3.8) is 0 Å². The molecule has 0 N–H and O–H groups in total. The van der Waals surface area contributed by atoms with Crippen LogP contribution in [0, 0.1) is 0 Å². The van der Waals surface area contributed by atoms with Crippen molar-refractivity contribution in [3.05, 3.63) is 0 Å².